The monoisotopic (exact) mass is 331 g/mol. The summed E-state index contributed by atoms with van der Waals surface area (Å²) in [5.74, 6) is 0.742. The molecule has 0 unspecified atom stereocenters. The largest absolute Gasteiger partial charge is 0.491 e. The maximum absolute atomic E-state index is 8.82. The van der Waals surface area contributed by atoms with E-state index in [4.69, 9.17) is 9.84 Å². The van der Waals surface area contributed by atoms with E-state index < -0.39 is 0 Å². The van der Waals surface area contributed by atoms with Gasteiger partial charge in [-0.25, -0.2) is 4.98 Å². The summed E-state index contributed by atoms with van der Waals surface area (Å²) >= 11 is 0. The van der Waals surface area contributed by atoms with Gasteiger partial charge in [0.25, 0.3) is 0 Å². The van der Waals surface area contributed by atoms with Crippen LogP contribution < -0.4 is 4.74 Å². The van der Waals surface area contributed by atoms with E-state index in [1.807, 2.05) is 48.8 Å². The fraction of sp³-hybridized carbons (Fsp3) is 0.100. The molecule has 5 heteroatoms. The number of pyridine rings is 2. The Hall–Kier alpha value is -3.18. The molecular formula is C20H17N3O2. The average molecular weight is 331 g/mol. The van der Waals surface area contributed by atoms with Crippen LogP contribution in [0.1, 0.15) is 0 Å². The third kappa shape index (κ3) is 3.09. The maximum Gasteiger partial charge on any atom is 0.137 e. The highest BCUT2D eigenvalue weighted by molar-refractivity contribution is 5.70. The summed E-state index contributed by atoms with van der Waals surface area (Å²) in [6.07, 6.45) is 7.48. The van der Waals surface area contributed by atoms with Crippen molar-refractivity contribution < 1.29 is 9.84 Å². The van der Waals surface area contributed by atoms with Gasteiger partial charge in [0.2, 0.25) is 0 Å². The van der Waals surface area contributed by atoms with Crippen molar-refractivity contribution in [3.63, 3.8) is 0 Å². The lowest BCUT2D eigenvalue weighted by Crippen LogP contribution is -2.01. The molecule has 0 amide bonds. The fourth-order valence-corrected chi connectivity index (χ4v) is 2.80. The zero-order valence-electron chi connectivity index (χ0n) is 13.5. The van der Waals surface area contributed by atoms with E-state index in [1.54, 1.807) is 12.4 Å². The molecule has 0 radical (unpaired) electrons. The third-order valence-electron chi connectivity index (χ3n) is 4.04. The summed E-state index contributed by atoms with van der Waals surface area (Å²) in [5, 5.41) is 8.82. The smallest absolute Gasteiger partial charge is 0.137 e. The molecule has 4 rings (SSSR count). The summed E-state index contributed by atoms with van der Waals surface area (Å²) in [4.78, 5) is 8.59. The molecule has 1 aromatic carbocycles. The minimum atomic E-state index is 0.00875. The van der Waals surface area contributed by atoms with Crippen LogP contribution in [0.3, 0.4) is 0 Å². The van der Waals surface area contributed by atoms with Crippen LogP contribution in [-0.2, 0) is 0 Å². The van der Waals surface area contributed by atoms with Crippen molar-refractivity contribution >= 4 is 5.65 Å². The van der Waals surface area contributed by atoms with Crippen LogP contribution in [0.25, 0.3) is 28.0 Å². The van der Waals surface area contributed by atoms with E-state index in [0.29, 0.717) is 6.61 Å². The Kier molecular flexibility index (Phi) is 4.14. The molecule has 0 aliphatic heterocycles. The Bertz CT molecular complexity index is 979. The van der Waals surface area contributed by atoms with Crippen LogP contribution in [0, 0.1) is 0 Å². The van der Waals surface area contributed by atoms with Gasteiger partial charge in [0, 0.05) is 24.2 Å². The molecule has 3 aromatic heterocycles. The van der Waals surface area contributed by atoms with Crippen LogP contribution in [0.15, 0.2) is 73.3 Å². The zero-order chi connectivity index (χ0) is 17.1. The van der Waals surface area contributed by atoms with Crippen LogP contribution in [0.4, 0.5) is 0 Å². The van der Waals surface area contributed by atoms with E-state index in [9.17, 15) is 0 Å². The van der Waals surface area contributed by atoms with Crippen molar-refractivity contribution in [3.8, 4) is 28.1 Å². The maximum atomic E-state index is 8.82. The van der Waals surface area contributed by atoms with Gasteiger partial charge in [0.15, 0.2) is 0 Å². The molecule has 5 nitrogen and oxygen atoms in total. The van der Waals surface area contributed by atoms with Gasteiger partial charge in [-0.2, -0.15) is 0 Å². The van der Waals surface area contributed by atoms with Crippen molar-refractivity contribution in [2.75, 3.05) is 13.2 Å². The van der Waals surface area contributed by atoms with Crippen LogP contribution in [0.2, 0.25) is 0 Å². The van der Waals surface area contributed by atoms with Crippen molar-refractivity contribution in [3.05, 3.63) is 73.3 Å². The highest BCUT2D eigenvalue weighted by atomic mass is 16.5. The fourth-order valence-electron chi connectivity index (χ4n) is 2.80. The molecule has 0 aliphatic rings. The number of hydrogen-bond donors (Lipinski definition) is 1. The first kappa shape index (κ1) is 15.4. The Morgan fingerprint density at radius 1 is 0.920 bits per heavy atom. The number of hydrogen-bond acceptors (Lipinski definition) is 4. The summed E-state index contributed by atoms with van der Waals surface area (Å²) in [7, 11) is 0. The summed E-state index contributed by atoms with van der Waals surface area (Å²) < 4.78 is 7.47. The number of ether oxygens (including phenoxy) is 1. The van der Waals surface area contributed by atoms with Gasteiger partial charge in [-0.15, -0.1) is 0 Å². The number of nitrogens with zero attached hydrogens (tertiary/aromatic N) is 3. The van der Waals surface area contributed by atoms with E-state index in [-0.39, 0.29) is 6.61 Å². The first-order valence-electron chi connectivity index (χ1n) is 8.07. The first-order chi connectivity index (χ1) is 12.3. The minimum absolute atomic E-state index is 0.00875. The highest BCUT2D eigenvalue weighted by Crippen LogP contribution is 2.26. The molecule has 0 atom stereocenters. The zero-order valence-corrected chi connectivity index (χ0v) is 13.5. The summed E-state index contributed by atoms with van der Waals surface area (Å²) in [5.41, 5.74) is 5.20. The molecule has 3 heterocycles. The quantitative estimate of drug-likeness (QED) is 0.609. The molecule has 0 saturated heterocycles. The number of aliphatic hydroxyl groups excluding tert-OH is 1. The Morgan fingerprint density at radius 2 is 1.72 bits per heavy atom. The molecule has 124 valence electrons. The van der Waals surface area contributed by atoms with Gasteiger partial charge in [-0.05, 0) is 59.7 Å². The van der Waals surface area contributed by atoms with Gasteiger partial charge in [-0.3, -0.25) is 9.38 Å². The molecule has 4 aromatic rings. The molecule has 0 saturated carbocycles. The predicted octanol–water partition coefficient (Wildman–Crippen LogP) is 3.43. The lowest BCUT2D eigenvalue weighted by molar-refractivity contribution is 0.201. The molecule has 0 fully saturated rings. The van der Waals surface area contributed by atoms with Crippen molar-refractivity contribution in [1.82, 2.24) is 14.4 Å². The van der Waals surface area contributed by atoms with Crippen molar-refractivity contribution in [2.24, 2.45) is 0 Å². The standard InChI is InChI=1S/C20H17N3O2/c24-11-12-25-18-3-1-16(2-4-18)19-14-22-20-13-17(7-10-23(19)20)15-5-8-21-9-6-15/h1-10,13-14,24H,11-12H2. The van der Waals surface area contributed by atoms with Gasteiger partial charge >= 0.3 is 0 Å². The van der Waals surface area contributed by atoms with E-state index in [1.165, 1.54) is 0 Å². The number of benzene rings is 1. The first-order valence-corrected chi connectivity index (χ1v) is 8.07. The highest BCUT2D eigenvalue weighted by Gasteiger charge is 2.07. The summed E-state index contributed by atoms with van der Waals surface area (Å²) in [6.45, 7) is 0.307. The Labute approximate surface area is 145 Å². The number of fused-ring (bicyclic) bond motifs is 1. The number of imidazole rings is 1. The normalized spacial score (nSPS) is 10.9. The molecule has 0 bridgehead atoms. The Balaban J connectivity index is 1.67. The average Bonchev–Trinajstić information content (AvgIpc) is 3.10. The molecular weight excluding hydrogens is 314 g/mol. The molecule has 25 heavy (non-hydrogen) atoms. The number of rotatable bonds is 5. The topological polar surface area (TPSA) is 59.7 Å². The SMILES string of the molecule is OCCOc1ccc(-c2cnc3cc(-c4ccncc4)ccn23)cc1. The van der Waals surface area contributed by atoms with Crippen LogP contribution >= 0.6 is 0 Å². The second-order valence-electron chi connectivity index (χ2n) is 5.62. The number of aromatic nitrogens is 3. The van der Waals surface area contributed by atoms with Gasteiger partial charge in [0.05, 0.1) is 18.5 Å². The Morgan fingerprint density at radius 3 is 2.48 bits per heavy atom. The lowest BCUT2D eigenvalue weighted by Gasteiger charge is -2.07. The molecule has 0 spiro atoms. The minimum Gasteiger partial charge on any atom is -0.491 e. The van der Waals surface area contributed by atoms with Crippen molar-refractivity contribution in [1.29, 1.82) is 0 Å². The van der Waals surface area contributed by atoms with Gasteiger partial charge in [-0.1, -0.05) is 0 Å². The van der Waals surface area contributed by atoms with Crippen LogP contribution in [-0.4, -0.2) is 32.7 Å². The van der Waals surface area contributed by atoms with Gasteiger partial charge in [0.1, 0.15) is 18.0 Å². The van der Waals surface area contributed by atoms with Crippen LogP contribution in [0.5, 0.6) is 5.75 Å². The van der Waals surface area contributed by atoms with E-state index >= 15 is 0 Å². The molecule has 0 aliphatic carbocycles. The third-order valence-corrected chi connectivity index (χ3v) is 4.04. The summed E-state index contributed by atoms with van der Waals surface area (Å²) in [6, 6.07) is 15.9. The lowest BCUT2D eigenvalue weighted by atomic mass is 10.1. The van der Waals surface area contributed by atoms with Crippen molar-refractivity contribution in [2.45, 2.75) is 0 Å². The number of aliphatic hydroxyl groups is 1. The van der Waals surface area contributed by atoms with E-state index in [0.717, 1.165) is 33.8 Å². The van der Waals surface area contributed by atoms with E-state index in [2.05, 4.69) is 26.5 Å². The second kappa shape index (κ2) is 6.75. The second-order valence-corrected chi connectivity index (χ2v) is 5.62. The predicted molar refractivity (Wildman–Crippen MR) is 96.4 cm³/mol. The van der Waals surface area contributed by atoms with Gasteiger partial charge < -0.3 is 9.84 Å². The molecule has 1 N–H and O–H groups in total.